The van der Waals surface area contributed by atoms with E-state index in [-0.39, 0.29) is 19.0 Å². The number of ether oxygens (including phenoxy) is 2. The Labute approximate surface area is 187 Å². The van der Waals surface area contributed by atoms with Crippen LogP contribution in [0.5, 0.6) is 0 Å². The molecular weight excluding hydrogens is 425 g/mol. The van der Waals surface area contributed by atoms with Crippen molar-refractivity contribution in [2.45, 2.75) is 52.2 Å². The Morgan fingerprint density at radius 2 is 1.73 bits per heavy atom. The lowest BCUT2D eigenvalue weighted by molar-refractivity contribution is -0.143. The first-order valence-electron chi connectivity index (χ1n) is 9.77. The summed E-state index contributed by atoms with van der Waals surface area (Å²) in [4.78, 5) is 24.2. The lowest BCUT2D eigenvalue weighted by atomic mass is 9.99. The standard InChI is InChI=1S/C23H27Cl2NO4/c1-5-29-21(27)14-18(26-22(28)30-23(2,3)4)12-15-6-8-16(9-7-15)19-13-17(24)10-11-20(19)25/h6-11,13,18H,5,12,14H2,1-4H3,(H,26,28)/t18-/m1/s1. The molecule has 0 aliphatic carbocycles. The van der Waals surface area contributed by atoms with E-state index in [4.69, 9.17) is 32.7 Å². The minimum absolute atomic E-state index is 0.0506. The van der Waals surface area contributed by atoms with E-state index in [2.05, 4.69) is 5.32 Å². The number of nitrogens with one attached hydrogen (secondary N) is 1. The second-order valence-corrected chi connectivity index (χ2v) is 8.72. The summed E-state index contributed by atoms with van der Waals surface area (Å²) >= 11 is 12.4. The van der Waals surface area contributed by atoms with Crippen LogP contribution in [0.4, 0.5) is 4.79 Å². The quantitative estimate of drug-likeness (QED) is 0.520. The maximum absolute atomic E-state index is 12.2. The summed E-state index contributed by atoms with van der Waals surface area (Å²) in [6, 6.07) is 12.6. The van der Waals surface area contributed by atoms with Gasteiger partial charge in [0.1, 0.15) is 5.60 Å². The fourth-order valence-corrected chi connectivity index (χ4v) is 3.29. The number of amides is 1. The van der Waals surface area contributed by atoms with Crippen LogP contribution in [-0.4, -0.2) is 30.3 Å². The molecule has 0 aliphatic rings. The number of halogens is 2. The average molecular weight is 452 g/mol. The molecule has 2 aromatic carbocycles. The van der Waals surface area contributed by atoms with Gasteiger partial charge in [-0.3, -0.25) is 4.79 Å². The number of alkyl carbamates (subject to hydrolysis) is 1. The molecule has 0 unspecified atom stereocenters. The van der Waals surface area contributed by atoms with Gasteiger partial charge in [-0.15, -0.1) is 0 Å². The Balaban J connectivity index is 2.14. The number of benzene rings is 2. The van der Waals surface area contributed by atoms with Crippen LogP contribution in [0, 0.1) is 0 Å². The van der Waals surface area contributed by atoms with Gasteiger partial charge in [-0.25, -0.2) is 4.79 Å². The minimum atomic E-state index is -0.629. The number of rotatable bonds is 7. The molecule has 1 atom stereocenters. The summed E-state index contributed by atoms with van der Waals surface area (Å²) in [5, 5.41) is 3.99. The molecule has 0 radical (unpaired) electrons. The van der Waals surface area contributed by atoms with Gasteiger partial charge in [0.2, 0.25) is 0 Å². The molecule has 2 rings (SSSR count). The van der Waals surface area contributed by atoms with E-state index in [0.29, 0.717) is 16.5 Å². The highest BCUT2D eigenvalue weighted by Gasteiger charge is 2.22. The molecule has 0 saturated carbocycles. The van der Waals surface area contributed by atoms with Crippen LogP contribution in [0.15, 0.2) is 42.5 Å². The molecule has 0 fully saturated rings. The van der Waals surface area contributed by atoms with Crippen LogP contribution in [0.3, 0.4) is 0 Å². The topological polar surface area (TPSA) is 64.6 Å². The predicted octanol–water partition coefficient (Wildman–Crippen LogP) is 6.05. The smallest absolute Gasteiger partial charge is 0.407 e. The van der Waals surface area contributed by atoms with Crippen molar-refractivity contribution in [3.05, 3.63) is 58.1 Å². The van der Waals surface area contributed by atoms with Crippen molar-refractivity contribution in [1.82, 2.24) is 5.32 Å². The van der Waals surface area contributed by atoms with E-state index in [0.717, 1.165) is 16.7 Å². The lowest BCUT2D eigenvalue weighted by Gasteiger charge is -2.23. The predicted molar refractivity (Wildman–Crippen MR) is 120 cm³/mol. The third-order valence-electron chi connectivity index (χ3n) is 4.11. The Morgan fingerprint density at radius 1 is 1.07 bits per heavy atom. The van der Waals surface area contributed by atoms with Crippen LogP contribution in [0.25, 0.3) is 11.1 Å². The zero-order valence-corrected chi connectivity index (χ0v) is 19.1. The molecule has 0 aromatic heterocycles. The van der Waals surface area contributed by atoms with E-state index in [1.54, 1.807) is 39.8 Å². The second kappa shape index (κ2) is 10.7. The number of esters is 1. The van der Waals surface area contributed by atoms with Gasteiger partial charge in [0.05, 0.1) is 13.0 Å². The molecule has 1 amide bonds. The highest BCUT2D eigenvalue weighted by molar-refractivity contribution is 6.35. The average Bonchev–Trinajstić information content (AvgIpc) is 2.63. The largest absolute Gasteiger partial charge is 0.466 e. The van der Waals surface area contributed by atoms with Gasteiger partial charge in [0.25, 0.3) is 0 Å². The summed E-state index contributed by atoms with van der Waals surface area (Å²) in [6.45, 7) is 7.38. The van der Waals surface area contributed by atoms with Crippen LogP contribution in [0.2, 0.25) is 10.0 Å². The Hall–Kier alpha value is -2.24. The maximum atomic E-state index is 12.2. The molecule has 1 N–H and O–H groups in total. The molecule has 0 bridgehead atoms. The van der Waals surface area contributed by atoms with E-state index < -0.39 is 17.7 Å². The van der Waals surface area contributed by atoms with Crippen molar-refractivity contribution in [3.63, 3.8) is 0 Å². The van der Waals surface area contributed by atoms with Crippen LogP contribution in [0.1, 0.15) is 39.7 Å². The van der Waals surface area contributed by atoms with Gasteiger partial charge in [0.15, 0.2) is 0 Å². The van der Waals surface area contributed by atoms with Gasteiger partial charge in [0, 0.05) is 21.7 Å². The number of carbonyl (C=O) groups is 2. The van der Waals surface area contributed by atoms with Crippen molar-refractivity contribution in [3.8, 4) is 11.1 Å². The third-order valence-corrected chi connectivity index (χ3v) is 4.68. The summed E-state index contributed by atoms with van der Waals surface area (Å²) in [5.41, 5.74) is 2.08. The first kappa shape index (κ1) is 24.0. The molecule has 0 spiro atoms. The molecule has 30 heavy (non-hydrogen) atoms. The molecule has 0 saturated heterocycles. The highest BCUT2D eigenvalue weighted by Crippen LogP contribution is 2.30. The Kier molecular flexibility index (Phi) is 8.56. The maximum Gasteiger partial charge on any atom is 0.407 e. The summed E-state index contributed by atoms with van der Waals surface area (Å²) in [6.07, 6.45) is -0.0737. The van der Waals surface area contributed by atoms with Gasteiger partial charge in [-0.05, 0) is 63.4 Å². The normalized spacial score (nSPS) is 12.2. The van der Waals surface area contributed by atoms with Crippen LogP contribution >= 0.6 is 23.2 Å². The summed E-state index contributed by atoms with van der Waals surface area (Å²) < 4.78 is 10.4. The van der Waals surface area contributed by atoms with Gasteiger partial charge in [-0.1, -0.05) is 47.5 Å². The van der Waals surface area contributed by atoms with Crippen molar-refractivity contribution in [2.24, 2.45) is 0 Å². The van der Waals surface area contributed by atoms with E-state index in [1.807, 2.05) is 30.3 Å². The molecule has 7 heteroatoms. The van der Waals surface area contributed by atoms with E-state index in [9.17, 15) is 9.59 Å². The monoisotopic (exact) mass is 451 g/mol. The van der Waals surface area contributed by atoms with Gasteiger partial charge < -0.3 is 14.8 Å². The second-order valence-electron chi connectivity index (χ2n) is 7.88. The van der Waals surface area contributed by atoms with Crippen molar-refractivity contribution < 1.29 is 19.1 Å². The van der Waals surface area contributed by atoms with Gasteiger partial charge in [-0.2, -0.15) is 0 Å². The fraction of sp³-hybridized carbons (Fsp3) is 0.391. The SMILES string of the molecule is CCOC(=O)C[C@@H](Cc1ccc(-c2cc(Cl)ccc2Cl)cc1)NC(=O)OC(C)(C)C. The van der Waals surface area contributed by atoms with E-state index >= 15 is 0 Å². The van der Waals surface area contributed by atoms with E-state index in [1.165, 1.54) is 0 Å². The third kappa shape index (κ3) is 7.88. The highest BCUT2D eigenvalue weighted by atomic mass is 35.5. The molecule has 0 heterocycles. The zero-order chi connectivity index (χ0) is 22.3. The van der Waals surface area contributed by atoms with Crippen molar-refractivity contribution in [2.75, 3.05) is 6.61 Å². The molecule has 5 nitrogen and oxygen atoms in total. The lowest BCUT2D eigenvalue weighted by Crippen LogP contribution is -2.41. The molecule has 2 aromatic rings. The Morgan fingerprint density at radius 3 is 2.33 bits per heavy atom. The first-order chi connectivity index (χ1) is 14.1. The van der Waals surface area contributed by atoms with Crippen molar-refractivity contribution >= 4 is 35.3 Å². The minimum Gasteiger partial charge on any atom is -0.466 e. The molecule has 162 valence electrons. The summed E-state index contributed by atoms with van der Waals surface area (Å²) in [5.74, 6) is -0.374. The van der Waals surface area contributed by atoms with Crippen LogP contribution < -0.4 is 5.32 Å². The molecule has 0 aliphatic heterocycles. The first-order valence-corrected chi connectivity index (χ1v) is 10.5. The fourth-order valence-electron chi connectivity index (χ4n) is 2.89. The summed E-state index contributed by atoms with van der Waals surface area (Å²) in [7, 11) is 0. The number of hydrogen-bond donors (Lipinski definition) is 1. The Bertz CT molecular complexity index is 876. The molecular formula is C23H27Cl2NO4. The van der Waals surface area contributed by atoms with Gasteiger partial charge >= 0.3 is 12.1 Å². The zero-order valence-electron chi connectivity index (χ0n) is 17.6. The number of carbonyl (C=O) groups excluding carboxylic acids is 2. The van der Waals surface area contributed by atoms with Crippen LogP contribution in [-0.2, 0) is 20.7 Å². The number of hydrogen-bond acceptors (Lipinski definition) is 4. The van der Waals surface area contributed by atoms with Crippen molar-refractivity contribution in [1.29, 1.82) is 0 Å².